The fourth-order valence-electron chi connectivity index (χ4n) is 10.7. The van der Waals surface area contributed by atoms with Crippen LogP contribution < -0.4 is 4.90 Å². The van der Waals surface area contributed by atoms with E-state index in [1.54, 1.807) is 0 Å². The predicted octanol–water partition coefficient (Wildman–Crippen LogP) is 14.2. The Kier molecular flexibility index (Phi) is 7.86. The molecule has 0 aromatic heterocycles. The number of rotatable bonds is 6. The minimum Gasteiger partial charge on any atom is -0.310 e. The molecule has 282 valence electrons. The molecule has 0 amide bonds. The molecule has 61 heavy (non-hydrogen) atoms. The van der Waals surface area contributed by atoms with Crippen LogP contribution in [0.1, 0.15) is 44.5 Å². The second kappa shape index (κ2) is 13.7. The lowest BCUT2D eigenvalue weighted by Gasteiger charge is -2.49. The normalized spacial score (nSPS) is 13.6. The Morgan fingerprint density at radius 3 is 1.75 bits per heavy atom. The smallest absolute Gasteiger partial charge is 0.0799 e. The van der Waals surface area contributed by atoms with Crippen LogP contribution >= 0.6 is 0 Å². The lowest BCUT2D eigenvalue weighted by molar-refractivity contribution is 0.624. The summed E-state index contributed by atoms with van der Waals surface area (Å²) >= 11 is 0. The van der Waals surface area contributed by atoms with Crippen molar-refractivity contribution in [3.05, 3.63) is 293 Å². The summed E-state index contributed by atoms with van der Waals surface area (Å²) in [5, 5.41) is 2.38. The second-order valence-corrected chi connectivity index (χ2v) is 16.0. The van der Waals surface area contributed by atoms with Crippen LogP contribution in [-0.4, -0.2) is 0 Å². The largest absolute Gasteiger partial charge is 0.310 e. The highest BCUT2D eigenvalue weighted by Gasteiger charge is 2.57. The van der Waals surface area contributed by atoms with Crippen LogP contribution in [0.5, 0.6) is 0 Å². The maximum absolute atomic E-state index is 3.85. The van der Waals surface area contributed by atoms with E-state index in [1.165, 1.54) is 60.8 Å². The Bertz CT molecular complexity index is 3140. The first kappa shape index (κ1) is 34.9. The molecule has 10 aromatic rings. The van der Waals surface area contributed by atoms with Crippen molar-refractivity contribution in [1.29, 1.82) is 0 Å². The van der Waals surface area contributed by atoms with E-state index in [2.05, 4.69) is 241 Å². The summed E-state index contributed by atoms with van der Waals surface area (Å²) in [6.07, 6.45) is 0. The van der Waals surface area contributed by atoms with Gasteiger partial charge >= 0.3 is 0 Å². The molecule has 1 heteroatoms. The molecule has 1 unspecified atom stereocenters. The Morgan fingerprint density at radius 2 is 1.00 bits per heavy atom. The molecule has 0 N–H and O–H groups in total. The van der Waals surface area contributed by atoms with Crippen molar-refractivity contribution in [3.8, 4) is 22.3 Å². The standard InChI is InChI=1S/C60H37N/c1-4-19-42(20-5-1)43-35-37-47(38-36-43)61(58-34-18-22-44-21-10-11-27-49(44)58)48-39-40-51-50-28-12-13-29-52(50)60(57(51)41-48)55-32-16-14-30-53(55)59(45-23-6-2-7-24-45,46-25-8-3-9-26-46)54-31-15-17-33-56(54)60/h2-4,6-16,18-32,34-41H. The van der Waals surface area contributed by atoms with Gasteiger partial charge in [0.2, 0.25) is 0 Å². The van der Waals surface area contributed by atoms with Crippen LogP contribution in [0.2, 0.25) is 0 Å². The average Bonchev–Trinajstić information content (AvgIpc) is 3.63. The van der Waals surface area contributed by atoms with Crippen molar-refractivity contribution in [1.82, 2.24) is 0 Å². The summed E-state index contributed by atoms with van der Waals surface area (Å²) in [6, 6.07) is 95.5. The third-order valence-electron chi connectivity index (χ3n) is 13.1. The Balaban J connectivity index is 1.16. The van der Waals surface area contributed by atoms with Crippen LogP contribution in [0, 0.1) is 24.3 Å². The Morgan fingerprint density at radius 1 is 0.377 bits per heavy atom. The Hall–Kier alpha value is -8.10. The lowest BCUT2D eigenvalue weighted by atomic mass is 9.51. The van der Waals surface area contributed by atoms with Crippen LogP contribution in [0.3, 0.4) is 0 Å². The van der Waals surface area contributed by atoms with E-state index in [0.717, 1.165) is 33.8 Å². The maximum atomic E-state index is 3.85. The third-order valence-corrected chi connectivity index (χ3v) is 13.1. The highest BCUT2D eigenvalue weighted by molar-refractivity contribution is 6.00. The topological polar surface area (TPSA) is 3.24 Å². The van der Waals surface area contributed by atoms with E-state index >= 15 is 0 Å². The number of hydrogen-bond donors (Lipinski definition) is 0. The van der Waals surface area contributed by atoms with E-state index in [-0.39, 0.29) is 0 Å². The van der Waals surface area contributed by atoms with Gasteiger partial charge in [0.05, 0.1) is 16.5 Å². The van der Waals surface area contributed by atoms with Gasteiger partial charge in [-0.1, -0.05) is 188 Å². The van der Waals surface area contributed by atoms with Gasteiger partial charge in [-0.2, -0.15) is 0 Å². The molecule has 1 nitrogen and oxygen atoms in total. The molecule has 0 aliphatic heterocycles. The zero-order valence-electron chi connectivity index (χ0n) is 33.3. The van der Waals surface area contributed by atoms with Crippen molar-refractivity contribution < 1.29 is 0 Å². The molecule has 10 aromatic carbocycles. The number of benzene rings is 8. The summed E-state index contributed by atoms with van der Waals surface area (Å²) in [7, 11) is 0. The van der Waals surface area contributed by atoms with E-state index in [4.69, 9.17) is 0 Å². The zero-order chi connectivity index (χ0) is 40.4. The molecule has 0 saturated carbocycles. The van der Waals surface area contributed by atoms with Gasteiger partial charge in [0.15, 0.2) is 0 Å². The molecule has 0 heterocycles. The van der Waals surface area contributed by atoms with Crippen molar-refractivity contribution in [2.24, 2.45) is 0 Å². The molecule has 0 saturated heterocycles. The van der Waals surface area contributed by atoms with Crippen molar-refractivity contribution >= 4 is 27.8 Å². The molecule has 1 spiro atoms. The number of hydrogen-bond acceptors (Lipinski definition) is 1. The lowest BCUT2D eigenvalue weighted by Crippen LogP contribution is -2.44. The average molecular weight is 772 g/mol. The van der Waals surface area contributed by atoms with Gasteiger partial charge in [0.25, 0.3) is 0 Å². The van der Waals surface area contributed by atoms with E-state index < -0.39 is 10.8 Å². The molecule has 2 aliphatic carbocycles. The van der Waals surface area contributed by atoms with Crippen LogP contribution in [0.25, 0.3) is 33.0 Å². The summed E-state index contributed by atoms with van der Waals surface area (Å²) in [5.41, 5.74) is 16.5. The van der Waals surface area contributed by atoms with Crippen LogP contribution in [0.15, 0.2) is 224 Å². The minimum absolute atomic E-state index is 0.605. The van der Waals surface area contributed by atoms with E-state index in [1.807, 2.05) is 12.1 Å². The number of nitrogens with zero attached hydrogens (tertiary/aromatic N) is 1. The van der Waals surface area contributed by atoms with Gasteiger partial charge in [-0.3, -0.25) is 0 Å². The molecular formula is C60H37N. The van der Waals surface area contributed by atoms with Gasteiger partial charge in [-0.15, -0.1) is 0 Å². The first-order valence-corrected chi connectivity index (χ1v) is 20.9. The fourth-order valence-corrected chi connectivity index (χ4v) is 10.7. The SMILES string of the molecule is c1ccc(-c2ccc(N(c3ccc4c(c3)C3(c5c#cccc5C(c5ccccc5)(c5ccccc5)c5ccccc53)c3ccccc3-4)c3cccc4ccccc34)cc2)cc#1. The number of anilines is 3. The molecule has 1 atom stereocenters. The number of fused-ring (bicyclic) bond motifs is 10. The first-order valence-electron chi connectivity index (χ1n) is 20.9. The van der Waals surface area contributed by atoms with Gasteiger partial charge in [-0.05, 0) is 127 Å². The molecule has 0 fully saturated rings. The zero-order valence-corrected chi connectivity index (χ0v) is 33.3. The molecule has 0 bridgehead atoms. The summed E-state index contributed by atoms with van der Waals surface area (Å²) in [6.45, 7) is 0. The quantitative estimate of drug-likeness (QED) is 0.163. The van der Waals surface area contributed by atoms with Crippen molar-refractivity contribution in [2.75, 3.05) is 4.90 Å². The summed E-state index contributed by atoms with van der Waals surface area (Å²) in [5.74, 6) is 0. The maximum Gasteiger partial charge on any atom is 0.0799 e. The van der Waals surface area contributed by atoms with Crippen LogP contribution in [0.4, 0.5) is 17.1 Å². The predicted molar refractivity (Wildman–Crippen MR) is 249 cm³/mol. The highest BCUT2D eigenvalue weighted by Crippen LogP contribution is 2.64. The van der Waals surface area contributed by atoms with Crippen LogP contribution in [-0.2, 0) is 10.8 Å². The van der Waals surface area contributed by atoms with Gasteiger partial charge in [0.1, 0.15) is 0 Å². The van der Waals surface area contributed by atoms with Gasteiger partial charge in [0, 0.05) is 22.3 Å². The third kappa shape index (κ3) is 4.99. The molecule has 12 rings (SSSR count). The molecule has 0 radical (unpaired) electrons. The second-order valence-electron chi connectivity index (χ2n) is 16.0. The van der Waals surface area contributed by atoms with E-state index in [9.17, 15) is 0 Å². The fraction of sp³-hybridized carbons (Fsp3) is 0.0333. The first-order chi connectivity index (χ1) is 30.3. The Labute approximate surface area is 357 Å². The van der Waals surface area contributed by atoms with Gasteiger partial charge < -0.3 is 4.90 Å². The highest BCUT2D eigenvalue weighted by atomic mass is 15.1. The van der Waals surface area contributed by atoms with Crippen molar-refractivity contribution in [3.63, 3.8) is 0 Å². The molecule has 2 aliphatic rings. The minimum atomic E-state index is -0.687. The molecular weight excluding hydrogens is 735 g/mol. The summed E-state index contributed by atoms with van der Waals surface area (Å²) in [4.78, 5) is 2.43. The monoisotopic (exact) mass is 771 g/mol. The van der Waals surface area contributed by atoms with Gasteiger partial charge in [-0.25, -0.2) is 0 Å². The van der Waals surface area contributed by atoms with E-state index in [0.29, 0.717) is 0 Å². The van der Waals surface area contributed by atoms with Crippen molar-refractivity contribution in [2.45, 2.75) is 10.8 Å². The summed E-state index contributed by atoms with van der Waals surface area (Å²) < 4.78 is 0.